The van der Waals surface area contributed by atoms with Crippen LogP contribution >= 0.6 is 0 Å². The smallest absolute Gasteiger partial charge is 0.270 e. The molecule has 7 nitrogen and oxygen atoms in total. The van der Waals surface area contributed by atoms with Crippen molar-refractivity contribution in [3.63, 3.8) is 0 Å². The Bertz CT molecular complexity index is 637. The lowest BCUT2D eigenvalue weighted by Crippen LogP contribution is -2.05. The molecule has 0 bridgehead atoms. The Morgan fingerprint density at radius 3 is 2.67 bits per heavy atom. The molecule has 0 N–H and O–H groups in total. The molecule has 1 aromatic rings. The fraction of sp³-hybridized carbons (Fsp3) is 0.143. The van der Waals surface area contributed by atoms with Crippen molar-refractivity contribution < 1.29 is 14.4 Å². The Morgan fingerprint density at radius 1 is 1.38 bits per heavy atom. The molecule has 1 aromatic carbocycles. The maximum absolute atomic E-state index is 10.8. The number of nitriles is 2. The Morgan fingerprint density at radius 2 is 2.10 bits per heavy atom. The van der Waals surface area contributed by atoms with Gasteiger partial charge in [0, 0.05) is 17.7 Å². The van der Waals surface area contributed by atoms with Crippen LogP contribution in [0, 0.1) is 32.8 Å². The van der Waals surface area contributed by atoms with Gasteiger partial charge in [-0.3, -0.25) is 10.1 Å². The third kappa shape index (κ3) is 4.69. The van der Waals surface area contributed by atoms with Gasteiger partial charge in [-0.1, -0.05) is 6.58 Å². The zero-order valence-corrected chi connectivity index (χ0v) is 11.0. The van der Waals surface area contributed by atoms with Gasteiger partial charge in [0.05, 0.1) is 11.2 Å². The molecule has 0 spiro atoms. The summed E-state index contributed by atoms with van der Waals surface area (Å²) >= 11 is 0. The molecule has 0 atom stereocenters. The van der Waals surface area contributed by atoms with Gasteiger partial charge in [-0.05, 0) is 12.1 Å². The van der Waals surface area contributed by atoms with Crippen molar-refractivity contribution in [1.82, 2.24) is 0 Å². The standard InChI is InChI=1S/C14H11N3O4/c1-2-20-5-6-21-14-4-3-13(17(18)19)8-12(14)7-11(9-15)10-16/h2-4,7-8H,1,5-6H2. The highest BCUT2D eigenvalue weighted by Gasteiger charge is 2.11. The largest absolute Gasteiger partial charge is 0.498 e. The van der Waals surface area contributed by atoms with Gasteiger partial charge >= 0.3 is 0 Å². The number of non-ortho nitro benzene ring substituents is 1. The zero-order valence-electron chi connectivity index (χ0n) is 11.0. The number of rotatable bonds is 7. The van der Waals surface area contributed by atoms with Gasteiger partial charge in [-0.25, -0.2) is 0 Å². The molecule has 21 heavy (non-hydrogen) atoms. The van der Waals surface area contributed by atoms with Gasteiger partial charge in [-0.15, -0.1) is 0 Å². The maximum atomic E-state index is 10.8. The molecular weight excluding hydrogens is 274 g/mol. The number of hydrogen-bond donors (Lipinski definition) is 0. The summed E-state index contributed by atoms with van der Waals surface area (Å²) in [5, 5.41) is 28.3. The average molecular weight is 285 g/mol. The lowest BCUT2D eigenvalue weighted by atomic mass is 10.1. The second-order valence-corrected chi connectivity index (χ2v) is 3.65. The summed E-state index contributed by atoms with van der Waals surface area (Å²) in [6.07, 6.45) is 2.50. The van der Waals surface area contributed by atoms with Crippen LogP contribution in [0.4, 0.5) is 5.69 Å². The molecule has 0 aliphatic rings. The molecule has 0 aliphatic carbocycles. The predicted molar refractivity (Wildman–Crippen MR) is 73.9 cm³/mol. The molecule has 0 radical (unpaired) electrons. The summed E-state index contributed by atoms with van der Waals surface area (Å²) in [5.41, 5.74) is -0.0604. The molecule has 0 saturated carbocycles. The summed E-state index contributed by atoms with van der Waals surface area (Å²) in [5.74, 6) is 0.316. The van der Waals surface area contributed by atoms with Crippen LogP contribution in [0.1, 0.15) is 5.56 Å². The molecule has 106 valence electrons. The quantitative estimate of drug-likeness (QED) is 0.250. The topological polar surface area (TPSA) is 109 Å². The van der Waals surface area contributed by atoms with E-state index in [1.165, 1.54) is 30.5 Å². The minimum absolute atomic E-state index is 0.161. The van der Waals surface area contributed by atoms with Crippen molar-refractivity contribution in [2.75, 3.05) is 13.2 Å². The average Bonchev–Trinajstić information content (AvgIpc) is 2.49. The van der Waals surface area contributed by atoms with Crippen molar-refractivity contribution >= 4 is 11.8 Å². The van der Waals surface area contributed by atoms with E-state index in [0.29, 0.717) is 5.75 Å². The summed E-state index contributed by atoms with van der Waals surface area (Å²) in [6, 6.07) is 7.30. The number of nitro groups is 1. The number of nitro benzene ring substituents is 1. The predicted octanol–water partition coefficient (Wildman–Crippen LogP) is 2.56. The number of hydrogen-bond acceptors (Lipinski definition) is 6. The molecule has 0 saturated heterocycles. The van der Waals surface area contributed by atoms with Gasteiger partial charge in [0.15, 0.2) is 0 Å². The molecule has 0 amide bonds. The third-order valence-electron chi connectivity index (χ3n) is 2.32. The van der Waals surface area contributed by atoms with Gasteiger partial charge in [0.25, 0.3) is 5.69 Å². The van der Waals surface area contributed by atoms with E-state index < -0.39 is 4.92 Å². The van der Waals surface area contributed by atoms with Crippen molar-refractivity contribution in [3.05, 3.63) is 52.3 Å². The van der Waals surface area contributed by atoms with E-state index in [4.69, 9.17) is 20.0 Å². The fourth-order valence-corrected chi connectivity index (χ4v) is 1.42. The lowest BCUT2D eigenvalue weighted by Gasteiger charge is -2.09. The van der Waals surface area contributed by atoms with Crippen LogP contribution in [-0.4, -0.2) is 18.1 Å². The summed E-state index contributed by atoms with van der Waals surface area (Å²) in [6.45, 7) is 3.83. The normalized spacial score (nSPS) is 8.86. The summed E-state index contributed by atoms with van der Waals surface area (Å²) < 4.78 is 10.3. The Balaban J connectivity index is 3.09. The van der Waals surface area contributed by atoms with Gasteiger partial charge in [0.1, 0.15) is 36.7 Å². The van der Waals surface area contributed by atoms with E-state index in [0.717, 1.165) is 0 Å². The number of ether oxygens (including phenoxy) is 2. The molecule has 0 heterocycles. The van der Waals surface area contributed by atoms with Crippen LogP contribution in [0.25, 0.3) is 6.08 Å². The Kier molecular flexibility index (Phi) is 5.97. The maximum Gasteiger partial charge on any atom is 0.270 e. The van der Waals surface area contributed by atoms with Crippen molar-refractivity contribution in [3.8, 4) is 17.9 Å². The third-order valence-corrected chi connectivity index (χ3v) is 2.32. The fourth-order valence-electron chi connectivity index (χ4n) is 1.42. The van der Waals surface area contributed by atoms with Crippen LogP contribution in [0.2, 0.25) is 0 Å². The van der Waals surface area contributed by atoms with E-state index in [-0.39, 0.29) is 30.0 Å². The first-order valence-electron chi connectivity index (χ1n) is 5.78. The zero-order chi connectivity index (χ0) is 15.7. The first kappa shape index (κ1) is 15.7. The number of benzene rings is 1. The van der Waals surface area contributed by atoms with E-state index in [1.807, 2.05) is 0 Å². The minimum atomic E-state index is -0.569. The van der Waals surface area contributed by atoms with Crippen LogP contribution in [0.3, 0.4) is 0 Å². The molecular formula is C14H11N3O4. The van der Waals surface area contributed by atoms with E-state index >= 15 is 0 Å². The molecule has 7 heteroatoms. The summed E-state index contributed by atoms with van der Waals surface area (Å²) in [7, 11) is 0. The van der Waals surface area contributed by atoms with E-state index in [1.54, 1.807) is 12.1 Å². The molecule has 0 fully saturated rings. The van der Waals surface area contributed by atoms with Crippen LogP contribution in [-0.2, 0) is 4.74 Å². The Hall–Kier alpha value is -3.32. The summed E-state index contributed by atoms with van der Waals surface area (Å²) in [4.78, 5) is 10.2. The van der Waals surface area contributed by atoms with Gasteiger partial charge in [0.2, 0.25) is 0 Å². The molecule has 0 unspecified atom stereocenters. The molecule has 0 aromatic heterocycles. The first-order chi connectivity index (χ1) is 10.1. The van der Waals surface area contributed by atoms with Crippen molar-refractivity contribution in [2.45, 2.75) is 0 Å². The van der Waals surface area contributed by atoms with E-state index in [9.17, 15) is 10.1 Å². The highest BCUT2D eigenvalue weighted by Crippen LogP contribution is 2.26. The number of allylic oxidation sites excluding steroid dienone is 1. The second-order valence-electron chi connectivity index (χ2n) is 3.65. The van der Waals surface area contributed by atoms with Gasteiger partial charge in [-0.2, -0.15) is 10.5 Å². The molecule has 1 rings (SSSR count). The SMILES string of the molecule is C=COCCOc1ccc([N+](=O)[O-])cc1C=C(C#N)C#N. The number of nitrogens with zero attached hydrogens (tertiary/aromatic N) is 3. The van der Waals surface area contributed by atoms with Crippen LogP contribution < -0.4 is 4.74 Å². The monoisotopic (exact) mass is 285 g/mol. The van der Waals surface area contributed by atoms with Crippen molar-refractivity contribution in [2.24, 2.45) is 0 Å². The van der Waals surface area contributed by atoms with Crippen LogP contribution in [0.15, 0.2) is 36.6 Å². The van der Waals surface area contributed by atoms with E-state index in [2.05, 4.69) is 6.58 Å². The highest BCUT2D eigenvalue weighted by atomic mass is 16.6. The van der Waals surface area contributed by atoms with Gasteiger partial charge < -0.3 is 9.47 Å². The second kappa shape index (κ2) is 7.97. The van der Waals surface area contributed by atoms with Crippen molar-refractivity contribution in [1.29, 1.82) is 10.5 Å². The molecule has 0 aliphatic heterocycles. The lowest BCUT2D eigenvalue weighted by molar-refractivity contribution is -0.384. The highest BCUT2D eigenvalue weighted by molar-refractivity contribution is 5.68. The van der Waals surface area contributed by atoms with Crippen LogP contribution in [0.5, 0.6) is 5.75 Å². The minimum Gasteiger partial charge on any atom is -0.498 e. The Labute approximate surface area is 121 Å². The first-order valence-corrected chi connectivity index (χ1v) is 5.78.